The molecule has 3 rings (SSSR count). The number of primary amides is 1. The van der Waals surface area contributed by atoms with Gasteiger partial charge in [-0.1, -0.05) is 35.9 Å². The highest BCUT2D eigenvalue weighted by atomic mass is 16.5. The van der Waals surface area contributed by atoms with Crippen molar-refractivity contribution in [1.29, 1.82) is 0 Å². The van der Waals surface area contributed by atoms with Gasteiger partial charge in [-0.3, -0.25) is 9.78 Å². The molecule has 1 aromatic heterocycles. The van der Waals surface area contributed by atoms with Crippen LogP contribution in [0.2, 0.25) is 0 Å². The fraction of sp³-hybridized carbons (Fsp3) is 0.217. The van der Waals surface area contributed by atoms with E-state index >= 15 is 0 Å². The van der Waals surface area contributed by atoms with Crippen LogP contribution in [0.4, 0.5) is 0 Å². The van der Waals surface area contributed by atoms with Crippen LogP contribution in [-0.2, 0) is 6.54 Å². The second-order valence-electron chi connectivity index (χ2n) is 6.87. The first kappa shape index (κ1) is 19.6. The third kappa shape index (κ3) is 4.56. The number of aromatic nitrogens is 1. The van der Waals surface area contributed by atoms with Crippen LogP contribution < -0.4 is 15.8 Å². The number of hydrogen-bond acceptors (Lipinski definition) is 4. The highest BCUT2D eigenvalue weighted by Crippen LogP contribution is 2.31. The molecule has 3 N–H and O–H groups in total. The summed E-state index contributed by atoms with van der Waals surface area (Å²) in [6.45, 7) is 4.94. The van der Waals surface area contributed by atoms with E-state index in [0.29, 0.717) is 12.1 Å². The Morgan fingerprint density at radius 1 is 1.14 bits per heavy atom. The van der Waals surface area contributed by atoms with Crippen molar-refractivity contribution < 1.29 is 9.53 Å². The Bertz CT molecular complexity index is 968. The highest BCUT2D eigenvalue weighted by molar-refractivity contribution is 5.93. The van der Waals surface area contributed by atoms with Crippen molar-refractivity contribution in [2.24, 2.45) is 5.73 Å². The van der Waals surface area contributed by atoms with E-state index < -0.39 is 5.91 Å². The number of carbonyl (C=O) groups is 1. The van der Waals surface area contributed by atoms with Gasteiger partial charge in [0.1, 0.15) is 5.75 Å². The third-order valence-electron chi connectivity index (χ3n) is 4.79. The summed E-state index contributed by atoms with van der Waals surface area (Å²) in [5.74, 6) is 0.219. The fourth-order valence-electron chi connectivity index (χ4n) is 3.06. The molecule has 0 radical (unpaired) electrons. The SMILES string of the molecule is COc1ccc(CN[C@H](C)c2ccc(C)cc2)cc1-c1cncc(C(N)=O)c1. The Morgan fingerprint density at radius 3 is 2.57 bits per heavy atom. The first-order valence-electron chi connectivity index (χ1n) is 9.20. The van der Waals surface area contributed by atoms with E-state index in [9.17, 15) is 4.79 Å². The van der Waals surface area contributed by atoms with Crippen LogP contribution in [-0.4, -0.2) is 18.0 Å². The molecule has 0 bridgehead atoms. The summed E-state index contributed by atoms with van der Waals surface area (Å²) in [6, 6.07) is 16.5. The van der Waals surface area contributed by atoms with Gasteiger partial charge in [-0.15, -0.1) is 0 Å². The number of amides is 1. The number of methoxy groups -OCH3 is 1. The van der Waals surface area contributed by atoms with E-state index in [1.807, 2.05) is 12.1 Å². The Morgan fingerprint density at radius 2 is 1.89 bits per heavy atom. The number of aryl methyl sites for hydroxylation is 1. The molecule has 28 heavy (non-hydrogen) atoms. The maximum atomic E-state index is 11.5. The van der Waals surface area contributed by atoms with Crippen molar-refractivity contribution >= 4 is 5.91 Å². The first-order valence-corrected chi connectivity index (χ1v) is 9.20. The molecule has 144 valence electrons. The molecule has 0 saturated carbocycles. The molecule has 5 heteroatoms. The minimum absolute atomic E-state index is 0.228. The molecule has 0 saturated heterocycles. The Balaban J connectivity index is 1.82. The van der Waals surface area contributed by atoms with Gasteiger partial charge in [-0.2, -0.15) is 0 Å². The van der Waals surface area contributed by atoms with Gasteiger partial charge in [0.25, 0.3) is 0 Å². The van der Waals surface area contributed by atoms with Crippen LogP contribution >= 0.6 is 0 Å². The number of hydrogen-bond donors (Lipinski definition) is 2. The Kier molecular flexibility index (Phi) is 6.06. The Labute approximate surface area is 165 Å². The number of nitrogens with one attached hydrogen (secondary N) is 1. The summed E-state index contributed by atoms with van der Waals surface area (Å²) in [5.41, 5.74) is 11.0. The summed E-state index contributed by atoms with van der Waals surface area (Å²) >= 11 is 0. The second kappa shape index (κ2) is 8.67. The number of ether oxygens (including phenoxy) is 1. The van der Waals surface area contributed by atoms with Gasteiger partial charge in [0, 0.05) is 36.1 Å². The van der Waals surface area contributed by atoms with Crippen LogP contribution in [0.3, 0.4) is 0 Å². The smallest absolute Gasteiger partial charge is 0.250 e. The molecule has 1 heterocycles. The zero-order valence-corrected chi connectivity index (χ0v) is 16.4. The summed E-state index contributed by atoms with van der Waals surface area (Å²) in [6.07, 6.45) is 3.17. The van der Waals surface area contributed by atoms with Gasteiger partial charge in [0.05, 0.1) is 12.7 Å². The van der Waals surface area contributed by atoms with Gasteiger partial charge >= 0.3 is 0 Å². The van der Waals surface area contributed by atoms with E-state index in [1.165, 1.54) is 17.3 Å². The Hall–Kier alpha value is -3.18. The number of rotatable bonds is 7. The van der Waals surface area contributed by atoms with Crippen LogP contribution in [0.5, 0.6) is 5.75 Å². The average Bonchev–Trinajstić information content (AvgIpc) is 2.72. The van der Waals surface area contributed by atoms with Crippen molar-refractivity contribution in [2.45, 2.75) is 26.4 Å². The molecule has 3 aromatic rings. The molecule has 0 spiro atoms. The maximum Gasteiger partial charge on any atom is 0.250 e. The number of carbonyl (C=O) groups excluding carboxylic acids is 1. The van der Waals surface area contributed by atoms with Crippen LogP contribution in [0.15, 0.2) is 60.9 Å². The van der Waals surface area contributed by atoms with Crippen molar-refractivity contribution in [2.75, 3.05) is 7.11 Å². The molecular weight excluding hydrogens is 350 g/mol. The maximum absolute atomic E-state index is 11.5. The minimum Gasteiger partial charge on any atom is -0.496 e. The zero-order valence-electron chi connectivity index (χ0n) is 16.4. The predicted molar refractivity (Wildman–Crippen MR) is 111 cm³/mol. The number of benzene rings is 2. The molecule has 1 atom stereocenters. The van der Waals surface area contributed by atoms with Gasteiger partial charge in [-0.25, -0.2) is 0 Å². The van der Waals surface area contributed by atoms with E-state index in [0.717, 1.165) is 22.4 Å². The van der Waals surface area contributed by atoms with E-state index in [1.54, 1.807) is 19.4 Å². The van der Waals surface area contributed by atoms with Gasteiger partial charge in [-0.05, 0) is 43.2 Å². The molecule has 5 nitrogen and oxygen atoms in total. The molecular formula is C23H25N3O2. The number of nitrogens with two attached hydrogens (primary N) is 1. The lowest BCUT2D eigenvalue weighted by molar-refractivity contribution is 0.1000. The average molecular weight is 375 g/mol. The fourth-order valence-corrected chi connectivity index (χ4v) is 3.06. The van der Waals surface area contributed by atoms with Crippen LogP contribution in [0.25, 0.3) is 11.1 Å². The highest BCUT2D eigenvalue weighted by Gasteiger charge is 2.11. The standard InChI is InChI=1S/C23H25N3O2/c1-15-4-7-18(8-5-15)16(2)26-12-17-6-9-22(28-3)21(10-17)19-11-20(23(24)27)14-25-13-19/h4-11,13-14,16,26H,12H2,1-3H3,(H2,24,27)/t16-/m1/s1. The summed E-state index contributed by atoms with van der Waals surface area (Å²) in [7, 11) is 1.63. The molecule has 2 aromatic carbocycles. The molecule has 0 aliphatic rings. The lowest BCUT2D eigenvalue weighted by Crippen LogP contribution is -2.18. The predicted octanol–water partition coefficient (Wildman–Crippen LogP) is 4.02. The van der Waals surface area contributed by atoms with Crippen LogP contribution in [0.1, 0.15) is 40.0 Å². The monoisotopic (exact) mass is 375 g/mol. The van der Waals surface area contributed by atoms with Gasteiger partial charge < -0.3 is 15.8 Å². The molecule has 0 unspecified atom stereocenters. The quantitative estimate of drug-likeness (QED) is 0.654. The topological polar surface area (TPSA) is 77.2 Å². The van der Waals surface area contributed by atoms with E-state index in [2.05, 4.69) is 54.5 Å². The lowest BCUT2D eigenvalue weighted by atomic mass is 10.0. The summed E-state index contributed by atoms with van der Waals surface area (Å²) in [5, 5.41) is 3.55. The second-order valence-corrected chi connectivity index (χ2v) is 6.87. The van der Waals surface area contributed by atoms with Crippen molar-refractivity contribution in [3.05, 3.63) is 83.2 Å². The van der Waals surface area contributed by atoms with Gasteiger partial charge in [0.15, 0.2) is 0 Å². The molecule has 1 amide bonds. The van der Waals surface area contributed by atoms with E-state index in [4.69, 9.17) is 10.5 Å². The number of nitrogens with zero attached hydrogens (tertiary/aromatic N) is 1. The van der Waals surface area contributed by atoms with Crippen molar-refractivity contribution in [3.8, 4) is 16.9 Å². The van der Waals surface area contributed by atoms with Gasteiger partial charge in [0.2, 0.25) is 5.91 Å². The normalized spacial score (nSPS) is 11.8. The first-order chi connectivity index (χ1) is 13.5. The summed E-state index contributed by atoms with van der Waals surface area (Å²) in [4.78, 5) is 15.6. The lowest BCUT2D eigenvalue weighted by Gasteiger charge is -2.16. The van der Waals surface area contributed by atoms with Crippen molar-refractivity contribution in [3.63, 3.8) is 0 Å². The molecule has 0 aliphatic heterocycles. The molecule has 0 fully saturated rings. The van der Waals surface area contributed by atoms with Crippen molar-refractivity contribution in [1.82, 2.24) is 10.3 Å². The molecule has 0 aliphatic carbocycles. The van der Waals surface area contributed by atoms with E-state index in [-0.39, 0.29) is 6.04 Å². The minimum atomic E-state index is -0.502. The van der Waals surface area contributed by atoms with Crippen LogP contribution in [0, 0.1) is 6.92 Å². The summed E-state index contributed by atoms with van der Waals surface area (Å²) < 4.78 is 5.50. The zero-order chi connectivity index (χ0) is 20.1. The number of pyridine rings is 1. The largest absolute Gasteiger partial charge is 0.496 e. The third-order valence-corrected chi connectivity index (χ3v) is 4.79.